The lowest BCUT2D eigenvalue weighted by Gasteiger charge is -2.07. The maximum absolute atomic E-state index is 11.5. The second kappa shape index (κ2) is 6.70. The van der Waals surface area contributed by atoms with Gasteiger partial charge in [0.05, 0.1) is 11.3 Å². The summed E-state index contributed by atoms with van der Waals surface area (Å²) in [6.07, 6.45) is 0.947. The lowest BCUT2D eigenvalue weighted by atomic mass is 10.1. The highest BCUT2D eigenvalue weighted by Crippen LogP contribution is 2.12. The number of rotatable bonds is 6. The van der Waals surface area contributed by atoms with Crippen LogP contribution in [0, 0.1) is 10.1 Å². The van der Waals surface area contributed by atoms with Crippen molar-refractivity contribution in [3.63, 3.8) is 0 Å². The van der Waals surface area contributed by atoms with E-state index in [4.69, 9.17) is 5.73 Å². The highest BCUT2D eigenvalue weighted by molar-refractivity contribution is 5.78. The smallest absolute Gasteiger partial charge is 0.269 e. The van der Waals surface area contributed by atoms with Gasteiger partial charge in [0.25, 0.3) is 5.69 Å². The van der Waals surface area contributed by atoms with Gasteiger partial charge in [-0.15, -0.1) is 0 Å². The number of non-ortho nitro benzene ring substituents is 1. The largest absolute Gasteiger partial charge is 0.356 e. The van der Waals surface area contributed by atoms with Crippen molar-refractivity contribution < 1.29 is 9.72 Å². The summed E-state index contributed by atoms with van der Waals surface area (Å²) >= 11 is 0. The highest BCUT2D eigenvalue weighted by Gasteiger charge is 2.07. The molecule has 0 bridgehead atoms. The predicted octanol–water partition coefficient (Wildman–Crippen LogP) is 0.991. The predicted molar refractivity (Wildman–Crippen MR) is 68.1 cm³/mol. The van der Waals surface area contributed by atoms with Crippen LogP contribution in [0.1, 0.15) is 18.9 Å². The molecule has 1 rings (SSSR count). The molecule has 1 atom stereocenters. The first-order chi connectivity index (χ1) is 8.49. The van der Waals surface area contributed by atoms with Crippen LogP contribution in [0.15, 0.2) is 24.3 Å². The van der Waals surface area contributed by atoms with Crippen molar-refractivity contribution >= 4 is 11.6 Å². The minimum absolute atomic E-state index is 0.0242. The third kappa shape index (κ3) is 4.92. The van der Waals surface area contributed by atoms with E-state index in [1.807, 2.05) is 6.92 Å². The van der Waals surface area contributed by atoms with Crippen molar-refractivity contribution in [1.29, 1.82) is 0 Å². The quantitative estimate of drug-likeness (QED) is 0.581. The lowest BCUT2D eigenvalue weighted by Crippen LogP contribution is -2.29. The Kier molecular flexibility index (Phi) is 5.26. The first kappa shape index (κ1) is 14.1. The van der Waals surface area contributed by atoms with Gasteiger partial charge in [0, 0.05) is 24.7 Å². The molecule has 0 aromatic heterocycles. The molecular formula is C12H17N3O3. The minimum Gasteiger partial charge on any atom is -0.356 e. The van der Waals surface area contributed by atoms with Crippen LogP contribution >= 0.6 is 0 Å². The Morgan fingerprint density at radius 2 is 2.06 bits per heavy atom. The number of hydrogen-bond acceptors (Lipinski definition) is 4. The van der Waals surface area contributed by atoms with E-state index in [0.717, 1.165) is 12.0 Å². The van der Waals surface area contributed by atoms with E-state index in [1.54, 1.807) is 12.1 Å². The molecule has 0 saturated heterocycles. The van der Waals surface area contributed by atoms with Crippen LogP contribution in [0.3, 0.4) is 0 Å². The second-order valence-electron chi connectivity index (χ2n) is 4.22. The molecule has 3 N–H and O–H groups in total. The van der Waals surface area contributed by atoms with E-state index in [9.17, 15) is 14.9 Å². The first-order valence-electron chi connectivity index (χ1n) is 5.74. The summed E-state index contributed by atoms with van der Waals surface area (Å²) in [5.74, 6) is -0.107. The van der Waals surface area contributed by atoms with Crippen molar-refractivity contribution in [2.45, 2.75) is 25.8 Å². The van der Waals surface area contributed by atoms with Gasteiger partial charge in [-0.25, -0.2) is 0 Å². The average Bonchev–Trinajstić information content (AvgIpc) is 2.29. The molecule has 98 valence electrons. The standard InChI is InChI=1S/C12H17N3O3/c1-9(13)6-7-14-12(16)8-10-2-4-11(5-3-10)15(17)18/h2-5,9H,6-8,13H2,1H3,(H,14,16). The van der Waals surface area contributed by atoms with Crippen LogP contribution < -0.4 is 11.1 Å². The van der Waals surface area contributed by atoms with Crippen LogP contribution in [-0.2, 0) is 11.2 Å². The number of hydrogen-bond donors (Lipinski definition) is 2. The Bertz CT molecular complexity index is 415. The van der Waals surface area contributed by atoms with Gasteiger partial charge in [0.1, 0.15) is 0 Å². The molecule has 6 heteroatoms. The van der Waals surface area contributed by atoms with Crippen LogP contribution in [0.4, 0.5) is 5.69 Å². The highest BCUT2D eigenvalue weighted by atomic mass is 16.6. The maximum atomic E-state index is 11.5. The molecule has 0 aliphatic rings. The molecule has 18 heavy (non-hydrogen) atoms. The molecule has 0 heterocycles. The molecule has 0 radical (unpaired) electrons. The van der Waals surface area contributed by atoms with Crippen molar-refractivity contribution in [1.82, 2.24) is 5.32 Å². The zero-order chi connectivity index (χ0) is 13.5. The van der Waals surface area contributed by atoms with Gasteiger partial charge in [-0.05, 0) is 18.9 Å². The van der Waals surface area contributed by atoms with Gasteiger partial charge < -0.3 is 11.1 Å². The monoisotopic (exact) mass is 251 g/mol. The lowest BCUT2D eigenvalue weighted by molar-refractivity contribution is -0.384. The summed E-state index contributed by atoms with van der Waals surface area (Å²) in [4.78, 5) is 21.5. The van der Waals surface area contributed by atoms with Crippen LogP contribution in [-0.4, -0.2) is 23.4 Å². The van der Waals surface area contributed by atoms with Crippen molar-refractivity contribution in [3.05, 3.63) is 39.9 Å². The summed E-state index contributed by atoms with van der Waals surface area (Å²) in [6, 6.07) is 6.02. The summed E-state index contributed by atoms with van der Waals surface area (Å²) < 4.78 is 0. The zero-order valence-corrected chi connectivity index (χ0v) is 10.3. The Balaban J connectivity index is 2.42. The maximum Gasteiger partial charge on any atom is 0.269 e. The van der Waals surface area contributed by atoms with Crippen LogP contribution in [0.5, 0.6) is 0 Å². The summed E-state index contributed by atoms with van der Waals surface area (Å²) in [6.45, 7) is 2.42. The summed E-state index contributed by atoms with van der Waals surface area (Å²) in [5, 5.41) is 13.2. The molecule has 1 unspecified atom stereocenters. The molecule has 0 spiro atoms. The van der Waals surface area contributed by atoms with Gasteiger partial charge in [0.15, 0.2) is 0 Å². The van der Waals surface area contributed by atoms with Gasteiger partial charge in [0.2, 0.25) is 5.91 Å². The third-order valence-corrected chi connectivity index (χ3v) is 2.43. The number of amides is 1. The topological polar surface area (TPSA) is 98.3 Å². The van der Waals surface area contributed by atoms with E-state index in [1.165, 1.54) is 12.1 Å². The van der Waals surface area contributed by atoms with Crippen molar-refractivity contribution in [3.8, 4) is 0 Å². The van der Waals surface area contributed by atoms with E-state index in [0.29, 0.717) is 6.54 Å². The fourth-order valence-electron chi connectivity index (χ4n) is 1.42. The molecule has 0 aliphatic heterocycles. The van der Waals surface area contributed by atoms with E-state index in [2.05, 4.69) is 5.32 Å². The Hall–Kier alpha value is -1.95. The van der Waals surface area contributed by atoms with Crippen molar-refractivity contribution in [2.24, 2.45) is 5.73 Å². The van der Waals surface area contributed by atoms with E-state index in [-0.39, 0.29) is 24.1 Å². The molecule has 6 nitrogen and oxygen atoms in total. The Labute approximate surface area is 105 Å². The molecule has 1 amide bonds. The van der Waals surface area contributed by atoms with Gasteiger partial charge in [-0.2, -0.15) is 0 Å². The summed E-state index contributed by atoms with van der Waals surface area (Å²) in [5.41, 5.74) is 6.33. The number of nitrogens with one attached hydrogen (secondary N) is 1. The molecule has 0 fully saturated rings. The van der Waals surface area contributed by atoms with Gasteiger partial charge in [-0.3, -0.25) is 14.9 Å². The fourth-order valence-corrected chi connectivity index (χ4v) is 1.42. The SMILES string of the molecule is CC(N)CCNC(=O)Cc1ccc([N+](=O)[O-])cc1. The van der Waals surface area contributed by atoms with Crippen LogP contribution in [0.2, 0.25) is 0 Å². The fraction of sp³-hybridized carbons (Fsp3) is 0.417. The van der Waals surface area contributed by atoms with E-state index >= 15 is 0 Å². The average molecular weight is 251 g/mol. The third-order valence-electron chi connectivity index (χ3n) is 2.43. The number of benzene rings is 1. The number of nitrogens with two attached hydrogens (primary N) is 1. The Morgan fingerprint density at radius 1 is 1.44 bits per heavy atom. The Morgan fingerprint density at radius 3 is 2.56 bits per heavy atom. The van der Waals surface area contributed by atoms with Gasteiger partial charge in [-0.1, -0.05) is 12.1 Å². The number of nitro groups is 1. The molecule has 0 aliphatic carbocycles. The second-order valence-corrected chi connectivity index (χ2v) is 4.22. The summed E-state index contributed by atoms with van der Waals surface area (Å²) in [7, 11) is 0. The molecule has 0 saturated carbocycles. The normalized spacial score (nSPS) is 11.9. The molecule has 1 aromatic carbocycles. The molecular weight excluding hydrogens is 234 g/mol. The number of nitrogens with zero attached hydrogens (tertiary/aromatic N) is 1. The number of nitro benzene ring substituents is 1. The number of carbonyl (C=O) groups excluding carboxylic acids is 1. The van der Waals surface area contributed by atoms with Crippen molar-refractivity contribution in [2.75, 3.05) is 6.54 Å². The minimum atomic E-state index is -0.466. The van der Waals surface area contributed by atoms with E-state index < -0.39 is 4.92 Å². The molecule has 1 aromatic rings. The zero-order valence-electron chi connectivity index (χ0n) is 10.3. The first-order valence-corrected chi connectivity index (χ1v) is 5.74. The van der Waals surface area contributed by atoms with Gasteiger partial charge >= 0.3 is 0 Å². The number of carbonyl (C=O) groups is 1. The van der Waals surface area contributed by atoms with Crippen LogP contribution in [0.25, 0.3) is 0 Å².